The number of rotatable bonds is 0. The molecule has 0 unspecified atom stereocenters. The molecule has 0 aliphatic carbocycles. The predicted molar refractivity (Wildman–Crippen MR) is 67.2 cm³/mol. The fraction of sp³-hybridized carbons (Fsp3) is 0. The lowest BCUT2D eigenvalue weighted by Gasteiger charge is -1.98. The van der Waals surface area contributed by atoms with Gasteiger partial charge in [-0.3, -0.25) is 4.98 Å². The van der Waals surface area contributed by atoms with Gasteiger partial charge in [-0.25, -0.2) is 0 Å². The fourth-order valence-electron chi connectivity index (χ4n) is 1.09. The Hall–Kier alpha value is 0.0900. The number of nitrogens with zero attached hydrogens (tertiary/aromatic N) is 1. The lowest BCUT2D eigenvalue weighted by Crippen LogP contribution is -1.82. The van der Waals surface area contributed by atoms with E-state index in [4.69, 9.17) is 0 Å². The molecule has 0 spiro atoms. The van der Waals surface area contributed by atoms with Gasteiger partial charge in [0.2, 0.25) is 0 Å². The normalized spacial score (nSPS) is 10.5. The van der Waals surface area contributed by atoms with Crippen LogP contribution in [-0.4, -0.2) is 4.98 Å². The maximum Gasteiger partial charge on any atom is 0.0723 e. The molecule has 2 aromatic rings. The summed E-state index contributed by atoms with van der Waals surface area (Å²) in [6, 6.07) is 8.34. The molecule has 60 valence electrons. The van der Waals surface area contributed by atoms with E-state index in [-0.39, 0.29) is 0 Å². The van der Waals surface area contributed by atoms with Gasteiger partial charge in [0.1, 0.15) is 0 Å². The maximum absolute atomic E-state index is 4.29. The quantitative estimate of drug-likeness (QED) is 0.638. The van der Waals surface area contributed by atoms with Crippen LogP contribution < -0.4 is 0 Å². The van der Waals surface area contributed by atoms with Gasteiger partial charge in [-0.2, -0.15) is 0 Å². The summed E-state index contributed by atoms with van der Waals surface area (Å²) >= 11 is 4.62. The molecule has 0 aliphatic heterocycles. The van der Waals surface area contributed by atoms with Crippen molar-refractivity contribution in [3.8, 4) is 0 Å². The Morgan fingerprint density at radius 3 is 2.75 bits per heavy atom. The van der Waals surface area contributed by atoms with Gasteiger partial charge in [-0.1, -0.05) is 6.07 Å². The minimum Gasteiger partial charge on any atom is -0.256 e. The zero-order chi connectivity index (χ0) is 8.55. The van der Waals surface area contributed by atoms with Crippen LogP contribution in [0.4, 0.5) is 0 Å². The van der Waals surface area contributed by atoms with Crippen LogP contribution in [0.2, 0.25) is 0 Å². The number of hydrogen-bond acceptors (Lipinski definition) is 1. The predicted octanol–water partition coefficient (Wildman–Crippen LogP) is 3.44. The summed E-state index contributed by atoms with van der Waals surface area (Å²) in [5.74, 6) is 0. The average Bonchev–Trinajstić information content (AvgIpc) is 2.04. The molecule has 1 aromatic heterocycles. The zero-order valence-corrected chi connectivity index (χ0v) is 10.4. The van der Waals surface area contributed by atoms with Crippen LogP contribution in [0.25, 0.3) is 10.9 Å². The van der Waals surface area contributed by atoms with Gasteiger partial charge in [0.25, 0.3) is 0 Å². The largest absolute Gasteiger partial charge is 0.256 e. The van der Waals surface area contributed by atoms with Gasteiger partial charge in [0.05, 0.1) is 5.52 Å². The number of aromatic nitrogens is 1. The second kappa shape index (κ2) is 3.45. The second-order valence-corrected chi connectivity index (χ2v) is 4.86. The Morgan fingerprint density at radius 2 is 1.92 bits per heavy atom. The molecule has 1 nitrogen and oxygen atoms in total. The molecule has 0 amide bonds. The Labute approximate surface area is 97.9 Å². The van der Waals surface area contributed by atoms with E-state index in [2.05, 4.69) is 68.4 Å². The highest BCUT2D eigenvalue weighted by atomic mass is 127. The highest BCUT2D eigenvalue weighted by Crippen LogP contribution is 2.20. The van der Waals surface area contributed by atoms with Crippen molar-refractivity contribution in [2.75, 3.05) is 0 Å². The number of halogens is 2. The van der Waals surface area contributed by atoms with Crippen molar-refractivity contribution in [2.45, 2.75) is 0 Å². The third-order valence-corrected chi connectivity index (χ3v) is 3.26. The van der Waals surface area contributed by atoms with Crippen LogP contribution in [0.15, 0.2) is 30.5 Å². The van der Waals surface area contributed by atoms with Gasteiger partial charge < -0.3 is 0 Å². The van der Waals surface area contributed by atoms with E-state index in [0.29, 0.717) is 0 Å². The molecular formula is C9H5I2N. The summed E-state index contributed by atoms with van der Waals surface area (Å²) in [6.45, 7) is 0. The van der Waals surface area contributed by atoms with E-state index in [1.807, 2.05) is 12.3 Å². The van der Waals surface area contributed by atoms with Crippen molar-refractivity contribution in [2.24, 2.45) is 0 Å². The molecule has 0 atom stereocenters. The maximum atomic E-state index is 4.29. The SMILES string of the molecule is Ic1ccc2c(I)ccnc2c1. The molecule has 1 heterocycles. The Balaban J connectivity index is 2.86. The van der Waals surface area contributed by atoms with Crippen LogP contribution in [0.3, 0.4) is 0 Å². The molecule has 2 rings (SSSR count). The van der Waals surface area contributed by atoms with Crippen LogP contribution in [0.1, 0.15) is 0 Å². The highest BCUT2D eigenvalue weighted by molar-refractivity contribution is 14.1. The van der Waals surface area contributed by atoms with E-state index in [9.17, 15) is 0 Å². The fourth-order valence-corrected chi connectivity index (χ4v) is 2.18. The first-order chi connectivity index (χ1) is 5.77. The van der Waals surface area contributed by atoms with Crippen molar-refractivity contribution >= 4 is 56.1 Å². The summed E-state index contributed by atoms with van der Waals surface area (Å²) < 4.78 is 2.49. The lowest BCUT2D eigenvalue weighted by atomic mass is 10.2. The minimum atomic E-state index is 1.08. The van der Waals surface area contributed by atoms with E-state index >= 15 is 0 Å². The molecule has 0 radical (unpaired) electrons. The summed E-state index contributed by atoms with van der Waals surface area (Å²) in [4.78, 5) is 4.29. The number of fused-ring (bicyclic) bond motifs is 1. The van der Waals surface area contributed by atoms with Gasteiger partial charge in [0.15, 0.2) is 0 Å². The monoisotopic (exact) mass is 381 g/mol. The molecule has 0 fully saturated rings. The molecular weight excluding hydrogens is 376 g/mol. The van der Waals surface area contributed by atoms with Crippen LogP contribution >= 0.6 is 45.2 Å². The lowest BCUT2D eigenvalue weighted by molar-refractivity contribution is 1.40. The molecule has 1 aromatic carbocycles. The zero-order valence-electron chi connectivity index (χ0n) is 6.09. The Morgan fingerprint density at radius 1 is 1.08 bits per heavy atom. The average molecular weight is 381 g/mol. The Bertz CT molecular complexity index is 426. The number of benzene rings is 1. The van der Waals surface area contributed by atoms with E-state index < -0.39 is 0 Å². The van der Waals surface area contributed by atoms with Crippen LogP contribution in [0, 0.1) is 7.14 Å². The van der Waals surface area contributed by atoms with Gasteiger partial charge >= 0.3 is 0 Å². The molecule has 0 saturated heterocycles. The molecule has 0 saturated carbocycles. The van der Waals surface area contributed by atoms with Crippen molar-refractivity contribution in [1.82, 2.24) is 4.98 Å². The molecule has 12 heavy (non-hydrogen) atoms. The molecule has 0 aliphatic rings. The number of pyridine rings is 1. The standard InChI is InChI=1S/C9H5I2N/c10-6-1-2-7-8(11)3-4-12-9(7)5-6/h1-5H. The second-order valence-electron chi connectivity index (χ2n) is 2.45. The summed E-state index contributed by atoms with van der Waals surface area (Å²) in [5, 5.41) is 1.23. The van der Waals surface area contributed by atoms with Crippen LogP contribution in [-0.2, 0) is 0 Å². The summed E-state index contributed by atoms with van der Waals surface area (Å²) in [5.41, 5.74) is 1.08. The smallest absolute Gasteiger partial charge is 0.0723 e. The molecule has 3 heteroatoms. The third kappa shape index (κ3) is 1.56. The summed E-state index contributed by atoms with van der Waals surface area (Å²) in [6.07, 6.45) is 1.85. The van der Waals surface area contributed by atoms with Gasteiger partial charge in [-0.05, 0) is 63.4 Å². The number of hydrogen-bond donors (Lipinski definition) is 0. The van der Waals surface area contributed by atoms with E-state index in [1.165, 1.54) is 12.5 Å². The van der Waals surface area contributed by atoms with E-state index in [0.717, 1.165) is 5.52 Å². The van der Waals surface area contributed by atoms with Crippen molar-refractivity contribution in [3.63, 3.8) is 0 Å². The first kappa shape index (κ1) is 8.68. The highest BCUT2D eigenvalue weighted by Gasteiger charge is 1.98. The Kier molecular flexibility index (Phi) is 2.49. The van der Waals surface area contributed by atoms with Gasteiger partial charge in [-0.15, -0.1) is 0 Å². The first-order valence-electron chi connectivity index (χ1n) is 3.47. The van der Waals surface area contributed by atoms with Gasteiger partial charge in [0, 0.05) is 18.7 Å². The first-order valence-corrected chi connectivity index (χ1v) is 5.63. The molecule has 0 bridgehead atoms. The third-order valence-electron chi connectivity index (χ3n) is 1.65. The van der Waals surface area contributed by atoms with Crippen molar-refractivity contribution in [3.05, 3.63) is 37.6 Å². The van der Waals surface area contributed by atoms with Crippen molar-refractivity contribution < 1.29 is 0 Å². The summed E-state index contributed by atoms with van der Waals surface area (Å²) in [7, 11) is 0. The van der Waals surface area contributed by atoms with E-state index in [1.54, 1.807) is 0 Å². The topological polar surface area (TPSA) is 12.9 Å². The molecule has 0 N–H and O–H groups in total. The van der Waals surface area contributed by atoms with Crippen molar-refractivity contribution in [1.29, 1.82) is 0 Å². The minimum absolute atomic E-state index is 1.08. The van der Waals surface area contributed by atoms with Crippen LogP contribution in [0.5, 0.6) is 0 Å².